The molecule has 4 heteroatoms. The van der Waals surface area contributed by atoms with Gasteiger partial charge in [0.05, 0.1) is 12.5 Å². The van der Waals surface area contributed by atoms with E-state index in [0.29, 0.717) is 5.56 Å². The van der Waals surface area contributed by atoms with Gasteiger partial charge in [0.25, 0.3) is 0 Å². The molecule has 0 saturated heterocycles. The van der Waals surface area contributed by atoms with Crippen LogP contribution in [0.25, 0.3) is 0 Å². The number of rotatable bonds is 2. The van der Waals surface area contributed by atoms with E-state index in [1.165, 1.54) is 12.1 Å². The molecule has 0 fully saturated rings. The Morgan fingerprint density at radius 1 is 1.64 bits per heavy atom. The summed E-state index contributed by atoms with van der Waals surface area (Å²) in [6, 6.07) is 3.71. The van der Waals surface area contributed by atoms with E-state index in [1.54, 1.807) is 6.92 Å². The minimum atomic E-state index is -0.643. The van der Waals surface area contributed by atoms with Gasteiger partial charge in [-0.25, -0.2) is 4.39 Å². The predicted octanol–water partition coefficient (Wildman–Crippen LogP) is 1.75. The number of nitrogens with two attached hydrogens (primary N) is 1. The molecule has 0 saturated carbocycles. The van der Waals surface area contributed by atoms with Crippen LogP contribution < -0.4 is 5.73 Å². The van der Waals surface area contributed by atoms with Gasteiger partial charge in [-0.15, -0.1) is 0 Å². The predicted molar refractivity (Wildman–Crippen MR) is 50.0 cm³/mol. The highest BCUT2D eigenvalue weighted by Crippen LogP contribution is 2.27. The van der Waals surface area contributed by atoms with Crippen LogP contribution >= 0.6 is 0 Å². The SMILES string of the molecule is Cc1cc(O)c(C(N)CC#N)cc1F. The number of aromatic hydroxyl groups is 1. The van der Waals surface area contributed by atoms with Crippen LogP contribution in [0.5, 0.6) is 5.75 Å². The second-order valence-electron chi connectivity index (χ2n) is 3.13. The molecule has 1 aromatic carbocycles. The van der Waals surface area contributed by atoms with Gasteiger partial charge >= 0.3 is 0 Å². The largest absolute Gasteiger partial charge is 0.508 e. The van der Waals surface area contributed by atoms with E-state index < -0.39 is 11.9 Å². The topological polar surface area (TPSA) is 70.0 Å². The number of hydrogen-bond donors (Lipinski definition) is 2. The Morgan fingerprint density at radius 2 is 2.29 bits per heavy atom. The Kier molecular flexibility index (Phi) is 3.05. The minimum Gasteiger partial charge on any atom is -0.508 e. The van der Waals surface area contributed by atoms with Crippen molar-refractivity contribution in [2.24, 2.45) is 5.73 Å². The zero-order valence-corrected chi connectivity index (χ0v) is 7.79. The van der Waals surface area contributed by atoms with E-state index in [9.17, 15) is 9.50 Å². The van der Waals surface area contributed by atoms with Crippen molar-refractivity contribution in [2.75, 3.05) is 0 Å². The standard InChI is InChI=1S/C10H11FN2O/c1-6-4-10(14)7(5-8(6)11)9(13)2-3-12/h4-5,9,14H,2,13H2,1H3. The first-order chi connectivity index (χ1) is 6.56. The van der Waals surface area contributed by atoms with Crippen LogP contribution in [0.3, 0.4) is 0 Å². The van der Waals surface area contributed by atoms with E-state index in [-0.39, 0.29) is 17.7 Å². The molecule has 0 heterocycles. The molecule has 0 aliphatic carbocycles. The van der Waals surface area contributed by atoms with Crippen molar-refractivity contribution in [1.29, 1.82) is 5.26 Å². The first-order valence-corrected chi connectivity index (χ1v) is 4.17. The third-order valence-corrected chi connectivity index (χ3v) is 2.02. The van der Waals surface area contributed by atoms with Gasteiger partial charge in [0.15, 0.2) is 0 Å². The fourth-order valence-corrected chi connectivity index (χ4v) is 1.19. The van der Waals surface area contributed by atoms with Gasteiger partial charge in [-0.1, -0.05) is 0 Å². The maximum absolute atomic E-state index is 13.1. The number of nitriles is 1. The first-order valence-electron chi connectivity index (χ1n) is 4.17. The van der Waals surface area contributed by atoms with Crippen LogP contribution in [-0.2, 0) is 0 Å². The highest BCUT2D eigenvalue weighted by atomic mass is 19.1. The van der Waals surface area contributed by atoms with Crippen molar-refractivity contribution >= 4 is 0 Å². The quantitative estimate of drug-likeness (QED) is 0.753. The van der Waals surface area contributed by atoms with Gasteiger partial charge in [0, 0.05) is 11.6 Å². The van der Waals surface area contributed by atoms with Gasteiger partial charge in [0.2, 0.25) is 0 Å². The Morgan fingerprint density at radius 3 is 2.86 bits per heavy atom. The molecule has 0 aliphatic rings. The summed E-state index contributed by atoms with van der Waals surface area (Å²) in [6.07, 6.45) is 0.0516. The molecular formula is C10H11FN2O. The number of phenols is 1. The lowest BCUT2D eigenvalue weighted by atomic mass is 10.0. The minimum absolute atomic E-state index is 0.0516. The Labute approximate surface area is 81.6 Å². The zero-order valence-electron chi connectivity index (χ0n) is 7.79. The molecule has 3 N–H and O–H groups in total. The van der Waals surface area contributed by atoms with Crippen molar-refractivity contribution in [2.45, 2.75) is 19.4 Å². The second kappa shape index (κ2) is 4.07. The molecule has 1 rings (SSSR count). The Hall–Kier alpha value is -1.60. The lowest BCUT2D eigenvalue weighted by Gasteiger charge is -2.11. The molecular weight excluding hydrogens is 183 g/mol. The molecule has 0 radical (unpaired) electrons. The summed E-state index contributed by atoms with van der Waals surface area (Å²) in [5.74, 6) is -0.488. The van der Waals surface area contributed by atoms with Crippen molar-refractivity contribution in [1.82, 2.24) is 0 Å². The molecule has 0 spiro atoms. The van der Waals surface area contributed by atoms with E-state index >= 15 is 0 Å². The van der Waals surface area contributed by atoms with Crippen LogP contribution in [0.15, 0.2) is 12.1 Å². The van der Waals surface area contributed by atoms with E-state index in [4.69, 9.17) is 11.0 Å². The normalized spacial score (nSPS) is 12.1. The average molecular weight is 194 g/mol. The summed E-state index contributed by atoms with van der Waals surface area (Å²) in [5.41, 5.74) is 6.21. The third kappa shape index (κ3) is 2.01. The molecule has 1 atom stereocenters. The second-order valence-corrected chi connectivity index (χ2v) is 3.13. The van der Waals surface area contributed by atoms with Crippen molar-refractivity contribution in [3.8, 4) is 11.8 Å². The number of hydrogen-bond acceptors (Lipinski definition) is 3. The highest BCUT2D eigenvalue weighted by molar-refractivity contribution is 5.39. The van der Waals surface area contributed by atoms with E-state index in [0.717, 1.165) is 0 Å². The summed E-state index contributed by atoms with van der Waals surface area (Å²) < 4.78 is 13.1. The molecule has 1 aromatic rings. The lowest BCUT2D eigenvalue weighted by molar-refractivity contribution is 0.458. The molecule has 0 amide bonds. The van der Waals surface area contributed by atoms with Crippen molar-refractivity contribution in [3.05, 3.63) is 29.1 Å². The van der Waals surface area contributed by atoms with E-state index in [2.05, 4.69) is 0 Å². The third-order valence-electron chi connectivity index (χ3n) is 2.02. The van der Waals surface area contributed by atoms with Crippen LogP contribution in [0, 0.1) is 24.1 Å². The van der Waals surface area contributed by atoms with Gasteiger partial charge in [-0.3, -0.25) is 0 Å². The summed E-state index contributed by atoms with van der Waals surface area (Å²) in [6.45, 7) is 1.55. The fraction of sp³-hybridized carbons (Fsp3) is 0.300. The smallest absolute Gasteiger partial charge is 0.126 e. The lowest BCUT2D eigenvalue weighted by Crippen LogP contribution is -2.10. The first kappa shape index (κ1) is 10.5. The molecule has 14 heavy (non-hydrogen) atoms. The van der Waals surface area contributed by atoms with Gasteiger partial charge in [0.1, 0.15) is 11.6 Å². The monoisotopic (exact) mass is 194 g/mol. The van der Waals surface area contributed by atoms with Crippen LogP contribution in [0.4, 0.5) is 4.39 Å². The number of benzene rings is 1. The van der Waals surface area contributed by atoms with Crippen molar-refractivity contribution in [3.63, 3.8) is 0 Å². The van der Waals surface area contributed by atoms with Crippen LogP contribution in [0.1, 0.15) is 23.6 Å². The van der Waals surface area contributed by atoms with E-state index in [1.807, 2.05) is 6.07 Å². The number of halogens is 1. The van der Waals surface area contributed by atoms with Crippen LogP contribution in [0.2, 0.25) is 0 Å². The maximum Gasteiger partial charge on any atom is 0.126 e. The molecule has 1 unspecified atom stereocenters. The summed E-state index contributed by atoms with van der Waals surface area (Å²) >= 11 is 0. The highest BCUT2D eigenvalue weighted by Gasteiger charge is 2.13. The zero-order chi connectivity index (χ0) is 10.7. The van der Waals surface area contributed by atoms with Crippen molar-refractivity contribution < 1.29 is 9.50 Å². The summed E-state index contributed by atoms with van der Waals surface area (Å²) in [4.78, 5) is 0. The molecule has 3 nitrogen and oxygen atoms in total. The maximum atomic E-state index is 13.1. The van der Waals surface area contributed by atoms with Crippen LogP contribution in [-0.4, -0.2) is 5.11 Å². The number of aryl methyl sites for hydroxylation is 1. The molecule has 0 bridgehead atoms. The van der Waals surface area contributed by atoms with Gasteiger partial charge in [-0.05, 0) is 24.6 Å². The fourth-order valence-electron chi connectivity index (χ4n) is 1.19. The summed E-state index contributed by atoms with van der Waals surface area (Å²) in [7, 11) is 0. The number of phenolic OH excluding ortho intramolecular Hbond substituents is 1. The number of nitrogens with zero attached hydrogens (tertiary/aromatic N) is 1. The molecule has 0 aliphatic heterocycles. The van der Waals surface area contributed by atoms with Gasteiger partial charge in [-0.2, -0.15) is 5.26 Å². The Bertz CT molecular complexity index is 384. The van der Waals surface area contributed by atoms with Gasteiger partial charge < -0.3 is 10.8 Å². The molecule has 74 valence electrons. The Balaban J connectivity index is 3.10. The molecule has 0 aromatic heterocycles. The average Bonchev–Trinajstić information content (AvgIpc) is 2.11. The summed E-state index contributed by atoms with van der Waals surface area (Å²) in [5, 5.41) is 17.9.